The third-order valence-corrected chi connectivity index (χ3v) is 3.95. The number of nitrogens with one attached hydrogen (secondary N) is 2. The maximum Gasteiger partial charge on any atom is 0.325 e. The molecule has 0 heterocycles. The number of ether oxygens (including phenoxy) is 1. The number of esters is 1. The molecule has 7 heteroatoms. The Kier molecular flexibility index (Phi) is 7.84. The van der Waals surface area contributed by atoms with Gasteiger partial charge in [0.2, 0.25) is 0 Å². The molecular formula is C14H30N2O4S. The summed E-state index contributed by atoms with van der Waals surface area (Å²) in [6.45, 7) is 13.1. The topological polar surface area (TPSA) is 84.5 Å². The van der Waals surface area contributed by atoms with Gasteiger partial charge in [0.15, 0.2) is 0 Å². The number of hydrogen-bond donors (Lipinski definition) is 2. The Labute approximate surface area is 129 Å². The summed E-state index contributed by atoms with van der Waals surface area (Å²) in [5, 5.41) is 0. The Hall–Kier alpha value is -0.660. The highest BCUT2D eigenvalue weighted by atomic mass is 32.2. The Balaban J connectivity index is 4.97. The van der Waals surface area contributed by atoms with Crippen LogP contribution in [0.25, 0.3) is 0 Å². The first-order valence-corrected chi connectivity index (χ1v) is 8.86. The minimum atomic E-state index is -3.73. The van der Waals surface area contributed by atoms with Crippen molar-refractivity contribution >= 4 is 16.2 Å². The van der Waals surface area contributed by atoms with Crippen LogP contribution in [0.2, 0.25) is 0 Å². The quantitative estimate of drug-likeness (QED) is 0.668. The van der Waals surface area contributed by atoms with E-state index in [0.717, 1.165) is 0 Å². The molecule has 0 aliphatic rings. The molecular weight excluding hydrogens is 292 g/mol. The minimum absolute atomic E-state index is 0.157. The molecule has 6 nitrogen and oxygen atoms in total. The Morgan fingerprint density at radius 2 is 1.71 bits per heavy atom. The Bertz CT molecular complexity index is 427. The van der Waals surface area contributed by atoms with Gasteiger partial charge in [0.05, 0.1) is 0 Å². The highest BCUT2D eigenvalue weighted by Gasteiger charge is 2.32. The van der Waals surface area contributed by atoms with Gasteiger partial charge >= 0.3 is 5.97 Å². The summed E-state index contributed by atoms with van der Waals surface area (Å²) in [5.41, 5.74) is -0.653. The van der Waals surface area contributed by atoms with Gasteiger partial charge in [0.1, 0.15) is 11.6 Å². The van der Waals surface area contributed by atoms with Crippen LogP contribution in [0.4, 0.5) is 0 Å². The summed E-state index contributed by atoms with van der Waals surface area (Å²) in [4.78, 5) is 12.2. The lowest BCUT2D eigenvalue weighted by molar-refractivity contribution is -0.158. The van der Waals surface area contributed by atoms with Crippen molar-refractivity contribution in [2.75, 3.05) is 6.54 Å². The van der Waals surface area contributed by atoms with Crippen molar-refractivity contribution in [2.45, 2.75) is 66.5 Å². The number of carbonyl (C=O) groups excluding carboxylic acids is 1. The van der Waals surface area contributed by atoms with Crippen LogP contribution >= 0.6 is 0 Å². The van der Waals surface area contributed by atoms with E-state index >= 15 is 0 Å². The lowest BCUT2D eigenvalue weighted by Gasteiger charge is -2.27. The van der Waals surface area contributed by atoms with Crippen molar-refractivity contribution in [1.82, 2.24) is 9.44 Å². The van der Waals surface area contributed by atoms with E-state index < -0.39 is 27.8 Å². The first-order valence-electron chi connectivity index (χ1n) is 7.37. The van der Waals surface area contributed by atoms with E-state index in [0.29, 0.717) is 13.0 Å². The first-order chi connectivity index (χ1) is 9.38. The van der Waals surface area contributed by atoms with Crippen LogP contribution in [0.1, 0.15) is 54.9 Å². The molecule has 0 amide bonds. The van der Waals surface area contributed by atoms with E-state index in [2.05, 4.69) is 9.44 Å². The molecule has 0 aromatic rings. The average Bonchev–Trinajstić information content (AvgIpc) is 2.30. The molecule has 0 spiro atoms. The molecule has 21 heavy (non-hydrogen) atoms. The molecule has 0 aliphatic heterocycles. The van der Waals surface area contributed by atoms with E-state index in [4.69, 9.17) is 4.74 Å². The van der Waals surface area contributed by atoms with E-state index in [1.165, 1.54) is 0 Å². The summed E-state index contributed by atoms with van der Waals surface area (Å²) >= 11 is 0. The molecule has 2 N–H and O–H groups in total. The average molecular weight is 322 g/mol. The van der Waals surface area contributed by atoms with Gasteiger partial charge in [-0.15, -0.1) is 0 Å². The number of rotatable bonds is 8. The van der Waals surface area contributed by atoms with Crippen LogP contribution in [-0.2, 0) is 19.7 Å². The van der Waals surface area contributed by atoms with Gasteiger partial charge in [-0.1, -0.05) is 34.1 Å². The SMILES string of the molecule is CC[C@H](C)[C@H](NS(=O)(=O)NCC(C)C)C(=O)OC(C)(C)C. The van der Waals surface area contributed by atoms with Gasteiger partial charge in [-0.25, -0.2) is 4.72 Å². The first kappa shape index (κ1) is 20.3. The molecule has 0 saturated carbocycles. The van der Waals surface area contributed by atoms with Crippen molar-refractivity contribution < 1.29 is 17.9 Å². The van der Waals surface area contributed by atoms with Gasteiger partial charge in [0.25, 0.3) is 10.2 Å². The third kappa shape index (κ3) is 9.06. The van der Waals surface area contributed by atoms with Crippen LogP contribution in [0.15, 0.2) is 0 Å². The van der Waals surface area contributed by atoms with Crippen LogP contribution in [0, 0.1) is 11.8 Å². The lowest BCUT2D eigenvalue weighted by Crippen LogP contribution is -2.51. The second kappa shape index (κ2) is 8.10. The van der Waals surface area contributed by atoms with Crippen molar-refractivity contribution in [1.29, 1.82) is 0 Å². The minimum Gasteiger partial charge on any atom is -0.459 e. The number of hydrogen-bond acceptors (Lipinski definition) is 4. The molecule has 0 radical (unpaired) electrons. The summed E-state index contributed by atoms with van der Waals surface area (Å²) in [7, 11) is -3.73. The van der Waals surface area contributed by atoms with E-state index in [1.807, 2.05) is 27.7 Å². The lowest BCUT2D eigenvalue weighted by atomic mass is 10.00. The molecule has 0 rings (SSSR count). The van der Waals surface area contributed by atoms with Gasteiger partial charge < -0.3 is 4.74 Å². The van der Waals surface area contributed by atoms with Gasteiger partial charge in [-0.05, 0) is 32.6 Å². The van der Waals surface area contributed by atoms with Crippen LogP contribution in [-0.4, -0.2) is 32.6 Å². The zero-order valence-electron chi connectivity index (χ0n) is 14.2. The highest BCUT2D eigenvalue weighted by molar-refractivity contribution is 7.87. The van der Waals surface area contributed by atoms with E-state index in [9.17, 15) is 13.2 Å². The molecule has 2 atom stereocenters. The zero-order valence-corrected chi connectivity index (χ0v) is 15.0. The maximum absolute atomic E-state index is 12.2. The monoisotopic (exact) mass is 322 g/mol. The van der Waals surface area contributed by atoms with Crippen LogP contribution in [0.3, 0.4) is 0 Å². The van der Waals surface area contributed by atoms with Crippen molar-refractivity contribution in [3.05, 3.63) is 0 Å². The normalized spacial score (nSPS) is 15.8. The molecule has 0 saturated heterocycles. The summed E-state index contributed by atoms with van der Waals surface area (Å²) in [5.74, 6) is -0.521. The van der Waals surface area contributed by atoms with E-state index in [-0.39, 0.29) is 11.8 Å². The predicted octanol–water partition coefficient (Wildman–Crippen LogP) is 1.82. The smallest absolute Gasteiger partial charge is 0.325 e. The Morgan fingerprint density at radius 3 is 2.10 bits per heavy atom. The molecule has 0 bridgehead atoms. The molecule has 0 unspecified atom stereocenters. The van der Waals surface area contributed by atoms with Crippen molar-refractivity contribution in [3.8, 4) is 0 Å². The van der Waals surface area contributed by atoms with Crippen molar-refractivity contribution in [2.24, 2.45) is 11.8 Å². The molecule has 0 aromatic carbocycles. The number of carbonyl (C=O) groups is 1. The van der Waals surface area contributed by atoms with Gasteiger partial charge in [-0.2, -0.15) is 13.1 Å². The van der Waals surface area contributed by atoms with Crippen LogP contribution in [0.5, 0.6) is 0 Å². The highest BCUT2D eigenvalue weighted by Crippen LogP contribution is 2.15. The van der Waals surface area contributed by atoms with Crippen LogP contribution < -0.4 is 9.44 Å². The summed E-state index contributed by atoms with van der Waals surface area (Å²) in [6.07, 6.45) is 0.663. The molecule has 0 aromatic heterocycles. The second-order valence-electron chi connectivity index (χ2n) is 6.76. The molecule has 126 valence electrons. The summed E-state index contributed by atoms with van der Waals surface area (Å²) < 4.78 is 34.2. The molecule has 0 aliphatic carbocycles. The zero-order chi connectivity index (χ0) is 16.8. The van der Waals surface area contributed by atoms with Gasteiger partial charge in [0, 0.05) is 6.54 Å². The largest absolute Gasteiger partial charge is 0.459 e. The fourth-order valence-electron chi connectivity index (χ4n) is 1.48. The van der Waals surface area contributed by atoms with Crippen molar-refractivity contribution in [3.63, 3.8) is 0 Å². The third-order valence-electron chi connectivity index (χ3n) is 2.84. The molecule has 0 fully saturated rings. The maximum atomic E-state index is 12.2. The second-order valence-corrected chi connectivity index (χ2v) is 8.29. The fourth-order valence-corrected chi connectivity index (χ4v) is 2.78. The standard InChI is InChI=1S/C14H30N2O4S/c1-8-11(4)12(13(17)20-14(5,6)7)16-21(18,19)15-9-10(2)3/h10-12,15-16H,8-9H2,1-7H3/t11-,12-/m0/s1. The fraction of sp³-hybridized carbons (Fsp3) is 0.929. The van der Waals surface area contributed by atoms with E-state index in [1.54, 1.807) is 20.8 Å². The predicted molar refractivity (Wildman–Crippen MR) is 84.0 cm³/mol. The Morgan fingerprint density at radius 1 is 1.19 bits per heavy atom. The van der Waals surface area contributed by atoms with Gasteiger partial charge in [-0.3, -0.25) is 4.79 Å². The summed E-state index contributed by atoms with van der Waals surface area (Å²) in [6, 6.07) is -0.890.